The molecule has 16 heavy (non-hydrogen) atoms. The zero-order valence-electron chi connectivity index (χ0n) is 11.0. The number of hydrogen-bond donors (Lipinski definition) is 1. The molecule has 0 unspecified atom stereocenters. The van der Waals surface area contributed by atoms with Gasteiger partial charge in [-0.05, 0) is 50.4 Å². The van der Waals surface area contributed by atoms with Gasteiger partial charge in [-0.25, -0.2) is 0 Å². The minimum absolute atomic E-state index is 0.0593. The molecule has 2 N–H and O–H groups in total. The van der Waals surface area contributed by atoms with E-state index in [2.05, 4.69) is 18.7 Å². The average molecular weight is 224 g/mol. The van der Waals surface area contributed by atoms with Gasteiger partial charge in [0.15, 0.2) is 0 Å². The molecule has 2 heteroatoms. The van der Waals surface area contributed by atoms with Crippen molar-refractivity contribution in [2.24, 2.45) is 17.6 Å². The normalized spacial score (nSPS) is 21.8. The van der Waals surface area contributed by atoms with Crippen LogP contribution < -0.4 is 5.73 Å². The van der Waals surface area contributed by atoms with Crippen LogP contribution in [0.5, 0.6) is 0 Å². The molecule has 2 rings (SSSR count). The van der Waals surface area contributed by atoms with Gasteiger partial charge in [-0.1, -0.05) is 13.8 Å². The zero-order chi connectivity index (χ0) is 11.6. The van der Waals surface area contributed by atoms with Gasteiger partial charge in [0.05, 0.1) is 0 Å². The summed E-state index contributed by atoms with van der Waals surface area (Å²) < 4.78 is 0. The Morgan fingerprint density at radius 2 is 1.44 bits per heavy atom. The van der Waals surface area contributed by atoms with Gasteiger partial charge >= 0.3 is 0 Å². The van der Waals surface area contributed by atoms with Gasteiger partial charge in [0.25, 0.3) is 0 Å². The number of nitrogens with zero attached hydrogens (tertiary/aromatic N) is 1. The van der Waals surface area contributed by atoms with Crippen molar-refractivity contribution in [3.8, 4) is 0 Å². The Balaban J connectivity index is 1.83. The summed E-state index contributed by atoms with van der Waals surface area (Å²) in [6.45, 7) is 8.21. The van der Waals surface area contributed by atoms with Crippen LogP contribution in [0.15, 0.2) is 0 Å². The fourth-order valence-electron chi connectivity index (χ4n) is 2.45. The minimum atomic E-state index is 0.0593. The van der Waals surface area contributed by atoms with Crippen molar-refractivity contribution in [2.75, 3.05) is 19.6 Å². The number of hydrogen-bond acceptors (Lipinski definition) is 2. The van der Waals surface area contributed by atoms with Gasteiger partial charge < -0.3 is 10.6 Å². The maximum Gasteiger partial charge on any atom is 0.0278 e. The summed E-state index contributed by atoms with van der Waals surface area (Å²) in [4.78, 5) is 2.67. The van der Waals surface area contributed by atoms with Crippen molar-refractivity contribution in [1.82, 2.24) is 4.90 Å². The summed E-state index contributed by atoms with van der Waals surface area (Å²) in [5.74, 6) is 1.99. The fourth-order valence-corrected chi connectivity index (χ4v) is 2.45. The molecule has 2 aliphatic carbocycles. The van der Waals surface area contributed by atoms with E-state index in [1.54, 1.807) is 0 Å². The number of nitrogens with two attached hydrogens (primary N) is 1. The van der Waals surface area contributed by atoms with E-state index in [0.717, 1.165) is 31.2 Å². The first kappa shape index (κ1) is 12.4. The molecule has 0 heterocycles. The molecule has 0 aromatic carbocycles. The molecular formula is C14H28N2. The quantitative estimate of drug-likeness (QED) is 0.687. The second-order valence-electron chi connectivity index (χ2n) is 6.15. The van der Waals surface area contributed by atoms with Crippen molar-refractivity contribution < 1.29 is 0 Å². The summed E-state index contributed by atoms with van der Waals surface area (Å²) >= 11 is 0. The summed E-state index contributed by atoms with van der Waals surface area (Å²) in [7, 11) is 0. The van der Waals surface area contributed by atoms with Gasteiger partial charge in [-0.2, -0.15) is 0 Å². The molecule has 2 aliphatic rings. The molecule has 0 aliphatic heterocycles. The lowest BCUT2D eigenvalue weighted by Crippen LogP contribution is -2.50. The molecule has 0 aromatic heterocycles. The van der Waals surface area contributed by atoms with E-state index in [9.17, 15) is 0 Å². The molecule has 0 radical (unpaired) electrons. The third-order valence-electron chi connectivity index (χ3n) is 4.37. The van der Waals surface area contributed by atoms with Gasteiger partial charge in [0.1, 0.15) is 0 Å². The molecule has 0 saturated heterocycles. The third-order valence-corrected chi connectivity index (χ3v) is 4.37. The van der Waals surface area contributed by atoms with Crippen LogP contribution in [-0.4, -0.2) is 30.1 Å². The predicted octanol–water partition coefficient (Wildman–Crippen LogP) is 2.63. The molecule has 0 aromatic rings. The van der Waals surface area contributed by atoms with E-state index < -0.39 is 0 Å². The van der Waals surface area contributed by atoms with Gasteiger partial charge in [0, 0.05) is 25.2 Å². The first-order chi connectivity index (χ1) is 7.65. The largest absolute Gasteiger partial charge is 0.324 e. The van der Waals surface area contributed by atoms with Gasteiger partial charge in [0.2, 0.25) is 0 Å². The van der Waals surface area contributed by atoms with Crippen LogP contribution in [0.25, 0.3) is 0 Å². The smallest absolute Gasteiger partial charge is 0.0278 e. The Bertz CT molecular complexity index is 201. The zero-order valence-corrected chi connectivity index (χ0v) is 11.0. The fraction of sp³-hybridized carbons (Fsp3) is 1.00. The van der Waals surface area contributed by atoms with Crippen LogP contribution in [0.3, 0.4) is 0 Å². The summed E-state index contributed by atoms with van der Waals surface area (Å²) in [5, 5.41) is 0. The van der Waals surface area contributed by atoms with Crippen molar-refractivity contribution in [1.29, 1.82) is 0 Å². The SMILES string of the molecule is CCC(N)(CC)CN(CC1CC1)CC1CC1. The molecule has 0 spiro atoms. The average Bonchev–Trinajstić information content (AvgIpc) is 3.13. The molecule has 0 bridgehead atoms. The van der Waals surface area contributed by atoms with Crippen molar-refractivity contribution in [3.63, 3.8) is 0 Å². The standard InChI is InChI=1S/C14H28N2/c1-3-14(15,4-2)11-16(9-12-5-6-12)10-13-7-8-13/h12-13H,3-11,15H2,1-2H3. The van der Waals surface area contributed by atoms with Crippen LogP contribution in [-0.2, 0) is 0 Å². The maximum atomic E-state index is 6.45. The summed E-state index contributed by atoms with van der Waals surface area (Å²) in [5.41, 5.74) is 6.51. The van der Waals surface area contributed by atoms with Crippen LogP contribution in [0.2, 0.25) is 0 Å². The van der Waals surface area contributed by atoms with E-state index in [4.69, 9.17) is 5.73 Å². The summed E-state index contributed by atoms with van der Waals surface area (Å²) in [6, 6.07) is 0. The van der Waals surface area contributed by atoms with Crippen molar-refractivity contribution in [2.45, 2.75) is 57.9 Å². The van der Waals surface area contributed by atoms with E-state index >= 15 is 0 Å². The topological polar surface area (TPSA) is 29.3 Å². The molecule has 2 fully saturated rings. The Kier molecular flexibility index (Phi) is 3.91. The Morgan fingerprint density at radius 3 is 1.75 bits per heavy atom. The van der Waals surface area contributed by atoms with Crippen LogP contribution in [0.4, 0.5) is 0 Å². The van der Waals surface area contributed by atoms with Crippen LogP contribution >= 0.6 is 0 Å². The second-order valence-corrected chi connectivity index (χ2v) is 6.15. The molecule has 2 nitrogen and oxygen atoms in total. The third kappa shape index (κ3) is 3.74. The highest BCUT2D eigenvalue weighted by molar-refractivity contribution is 4.89. The Labute approximate surface area is 101 Å². The first-order valence-corrected chi connectivity index (χ1v) is 7.16. The molecule has 0 atom stereocenters. The first-order valence-electron chi connectivity index (χ1n) is 7.16. The van der Waals surface area contributed by atoms with Crippen LogP contribution in [0, 0.1) is 11.8 Å². The monoisotopic (exact) mass is 224 g/mol. The Hall–Kier alpha value is -0.0800. The second kappa shape index (κ2) is 5.05. The Morgan fingerprint density at radius 1 is 1.00 bits per heavy atom. The van der Waals surface area contributed by atoms with E-state index in [-0.39, 0.29) is 5.54 Å². The maximum absolute atomic E-state index is 6.45. The number of rotatable bonds is 8. The minimum Gasteiger partial charge on any atom is -0.324 e. The van der Waals surface area contributed by atoms with Gasteiger partial charge in [-0.15, -0.1) is 0 Å². The highest BCUT2D eigenvalue weighted by Crippen LogP contribution is 2.34. The summed E-state index contributed by atoms with van der Waals surface area (Å²) in [6.07, 6.45) is 8.03. The van der Waals surface area contributed by atoms with E-state index in [0.29, 0.717) is 0 Å². The van der Waals surface area contributed by atoms with Crippen LogP contribution in [0.1, 0.15) is 52.4 Å². The lowest BCUT2D eigenvalue weighted by molar-refractivity contribution is 0.185. The van der Waals surface area contributed by atoms with E-state index in [1.165, 1.54) is 38.8 Å². The lowest BCUT2D eigenvalue weighted by Gasteiger charge is -2.34. The van der Waals surface area contributed by atoms with Crippen molar-refractivity contribution >= 4 is 0 Å². The lowest BCUT2D eigenvalue weighted by atomic mass is 9.93. The van der Waals surface area contributed by atoms with Gasteiger partial charge in [-0.3, -0.25) is 0 Å². The highest BCUT2D eigenvalue weighted by Gasteiger charge is 2.32. The molecule has 0 amide bonds. The van der Waals surface area contributed by atoms with Crippen molar-refractivity contribution in [3.05, 3.63) is 0 Å². The molecular weight excluding hydrogens is 196 g/mol. The molecule has 94 valence electrons. The highest BCUT2D eigenvalue weighted by atomic mass is 15.2. The van der Waals surface area contributed by atoms with E-state index in [1.807, 2.05) is 0 Å². The molecule has 2 saturated carbocycles. The predicted molar refractivity (Wildman–Crippen MR) is 69.4 cm³/mol.